The van der Waals surface area contributed by atoms with Gasteiger partial charge in [0.2, 0.25) is 0 Å². The topological polar surface area (TPSA) is 60.9 Å². The number of aryl methyl sites for hydroxylation is 1. The molecule has 6 heteroatoms. The quantitative estimate of drug-likeness (QED) is 0.791. The minimum absolute atomic E-state index is 0.0655. The van der Waals surface area contributed by atoms with Gasteiger partial charge in [-0.25, -0.2) is 13.8 Å². The first-order chi connectivity index (χ1) is 10.9. The number of hydrogen-bond donors (Lipinski definition) is 1. The predicted molar refractivity (Wildman–Crippen MR) is 84.6 cm³/mol. The minimum atomic E-state index is -0.771. The first-order valence-electron chi connectivity index (χ1n) is 7.13. The number of para-hydroxylation sites is 1. The van der Waals surface area contributed by atoms with E-state index in [0.717, 1.165) is 23.8 Å². The Hall–Kier alpha value is -2.60. The molecular weight excluding hydrogens is 300 g/mol. The maximum absolute atomic E-state index is 13.5. The van der Waals surface area contributed by atoms with Crippen LogP contribution in [0, 0.1) is 18.6 Å². The second-order valence-corrected chi connectivity index (χ2v) is 5.50. The molecule has 3 rings (SSSR count). The van der Waals surface area contributed by atoms with Crippen molar-refractivity contribution in [2.45, 2.75) is 19.9 Å². The molecule has 0 aliphatic heterocycles. The van der Waals surface area contributed by atoms with E-state index in [0.29, 0.717) is 10.9 Å². The van der Waals surface area contributed by atoms with Gasteiger partial charge in [0.05, 0.1) is 22.6 Å². The molecule has 0 bridgehead atoms. The van der Waals surface area contributed by atoms with Crippen LogP contribution >= 0.6 is 0 Å². The molecule has 23 heavy (non-hydrogen) atoms. The summed E-state index contributed by atoms with van der Waals surface area (Å²) < 4.78 is 28.3. The maximum Gasteiger partial charge on any atom is 0.266 e. The fourth-order valence-corrected chi connectivity index (χ4v) is 2.59. The van der Waals surface area contributed by atoms with Crippen LogP contribution in [0.5, 0.6) is 0 Å². The molecule has 0 fully saturated rings. The van der Waals surface area contributed by atoms with Crippen LogP contribution in [-0.2, 0) is 0 Å². The average Bonchev–Trinajstić information content (AvgIpc) is 2.46. The second kappa shape index (κ2) is 5.55. The number of rotatable bonds is 2. The molecule has 0 saturated heterocycles. The van der Waals surface area contributed by atoms with Crippen molar-refractivity contribution in [2.24, 2.45) is 5.73 Å². The van der Waals surface area contributed by atoms with Gasteiger partial charge in [-0.3, -0.25) is 9.36 Å². The second-order valence-electron chi connectivity index (χ2n) is 5.50. The largest absolute Gasteiger partial charge is 0.322 e. The van der Waals surface area contributed by atoms with Crippen molar-refractivity contribution in [3.63, 3.8) is 0 Å². The lowest BCUT2D eigenvalue weighted by Crippen LogP contribution is -2.27. The van der Waals surface area contributed by atoms with Crippen LogP contribution in [0.15, 0.2) is 41.2 Å². The number of nitrogens with zero attached hydrogens (tertiary/aromatic N) is 2. The Labute approximate surface area is 131 Å². The molecule has 1 aromatic heterocycles. The highest BCUT2D eigenvalue weighted by atomic mass is 19.1. The Bertz CT molecular complexity index is 944. The van der Waals surface area contributed by atoms with Crippen molar-refractivity contribution in [2.75, 3.05) is 0 Å². The molecular formula is C17H15F2N3O. The van der Waals surface area contributed by atoms with E-state index in [1.165, 1.54) is 4.57 Å². The summed E-state index contributed by atoms with van der Waals surface area (Å²) in [5, 5.41) is 0.374. The minimum Gasteiger partial charge on any atom is -0.322 e. The highest BCUT2D eigenvalue weighted by Crippen LogP contribution is 2.20. The van der Waals surface area contributed by atoms with Gasteiger partial charge in [0.1, 0.15) is 17.5 Å². The molecule has 0 radical (unpaired) electrons. The van der Waals surface area contributed by atoms with Crippen molar-refractivity contribution >= 4 is 10.9 Å². The van der Waals surface area contributed by atoms with Crippen LogP contribution < -0.4 is 11.3 Å². The van der Waals surface area contributed by atoms with Crippen molar-refractivity contribution in [1.82, 2.24) is 9.55 Å². The average molecular weight is 315 g/mol. The summed E-state index contributed by atoms with van der Waals surface area (Å²) in [6.45, 7) is 3.50. The Balaban J connectivity index is 2.46. The van der Waals surface area contributed by atoms with Gasteiger partial charge < -0.3 is 5.73 Å². The lowest BCUT2D eigenvalue weighted by molar-refractivity contribution is 0.579. The lowest BCUT2D eigenvalue weighted by atomic mass is 10.1. The first-order valence-corrected chi connectivity index (χ1v) is 7.13. The molecule has 118 valence electrons. The van der Waals surface area contributed by atoms with E-state index < -0.39 is 23.2 Å². The molecule has 2 aromatic carbocycles. The highest BCUT2D eigenvalue weighted by Gasteiger charge is 2.17. The van der Waals surface area contributed by atoms with Crippen LogP contribution in [0.3, 0.4) is 0 Å². The van der Waals surface area contributed by atoms with Gasteiger partial charge in [0, 0.05) is 6.07 Å². The monoisotopic (exact) mass is 315 g/mol. The van der Waals surface area contributed by atoms with Crippen LogP contribution in [0.4, 0.5) is 8.78 Å². The third-order valence-electron chi connectivity index (χ3n) is 3.64. The van der Waals surface area contributed by atoms with Gasteiger partial charge in [0.25, 0.3) is 5.56 Å². The Morgan fingerprint density at radius 2 is 1.83 bits per heavy atom. The van der Waals surface area contributed by atoms with Crippen LogP contribution in [0.25, 0.3) is 16.6 Å². The summed E-state index contributed by atoms with van der Waals surface area (Å²) in [6, 6.07) is 7.54. The molecule has 2 N–H and O–H groups in total. The van der Waals surface area contributed by atoms with Crippen molar-refractivity contribution in [3.05, 3.63) is 69.8 Å². The van der Waals surface area contributed by atoms with Crippen molar-refractivity contribution < 1.29 is 8.78 Å². The van der Waals surface area contributed by atoms with E-state index in [1.54, 1.807) is 19.1 Å². The SMILES string of the molecule is Cc1cccc2c(=O)n(-c3cc(F)cc(F)c3)c([C@H](C)N)nc12. The zero-order chi connectivity index (χ0) is 16.7. The molecule has 4 nitrogen and oxygen atoms in total. The van der Waals surface area contributed by atoms with Crippen molar-refractivity contribution in [1.29, 1.82) is 0 Å². The molecule has 0 aliphatic carbocycles. The van der Waals surface area contributed by atoms with Crippen LogP contribution in [-0.4, -0.2) is 9.55 Å². The van der Waals surface area contributed by atoms with E-state index in [-0.39, 0.29) is 11.5 Å². The summed E-state index contributed by atoms with van der Waals surface area (Å²) in [7, 11) is 0. The Morgan fingerprint density at radius 1 is 1.17 bits per heavy atom. The van der Waals surface area contributed by atoms with Crippen LogP contribution in [0.1, 0.15) is 24.4 Å². The number of aromatic nitrogens is 2. The number of halogens is 2. The van der Waals surface area contributed by atoms with Crippen LogP contribution in [0.2, 0.25) is 0 Å². The Kier molecular flexibility index (Phi) is 3.69. The lowest BCUT2D eigenvalue weighted by Gasteiger charge is -2.16. The summed E-state index contributed by atoms with van der Waals surface area (Å²) in [6.07, 6.45) is 0. The summed E-state index contributed by atoms with van der Waals surface area (Å²) in [4.78, 5) is 17.3. The molecule has 1 heterocycles. The van der Waals surface area contributed by atoms with Gasteiger partial charge in [0.15, 0.2) is 0 Å². The molecule has 0 spiro atoms. The molecule has 1 atom stereocenters. The fraction of sp³-hybridized carbons (Fsp3) is 0.176. The molecule has 0 aliphatic rings. The Morgan fingerprint density at radius 3 is 2.43 bits per heavy atom. The van der Waals surface area contributed by atoms with Gasteiger partial charge in [-0.15, -0.1) is 0 Å². The summed E-state index contributed by atoms with van der Waals surface area (Å²) in [5.74, 6) is -1.29. The predicted octanol–water partition coefficient (Wildman–Crippen LogP) is 2.99. The number of nitrogens with two attached hydrogens (primary N) is 1. The standard InChI is InChI=1S/C17H15F2N3O/c1-9-4-3-5-14-15(9)21-16(10(2)20)22(17(14)23)13-7-11(18)6-12(19)8-13/h3-8,10H,20H2,1-2H3/t10-/m0/s1. The highest BCUT2D eigenvalue weighted by molar-refractivity contribution is 5.81. The van der Waals surface area contributed by atoms with Gasteiger partial charge in [-0.2, -0.15) is 0 Å². The number of benzene rings is 2. The molecule has 3 aromatic rings. The van der Waals surface area contributed by atoms with E-state index in [4.69, 9.17) is 5.73 Å². The summed E-state index contributed by atoms with van der Waals surface area (Å²) >= 11 is 0. The zero-order valence-corrected chi connectivity index (χ0v) is 12.7. The number of hydrogen-bond acceptors (Lipinski definition) is 3. The molecule has 0 amide bonds. The van der Waals surface area contributed by atoms with Crippen molar-refractivity contribution in [3.8, 4) is 5.69 Å². The van der Waals surface area contributed by atoms with E-state index >= 15 is 0 Å². The molecule has 0 saturated carbocycles. The number of fused-ring (bicyclic) bond motifs is 1. The van der Waals surface area contributed by atoms with Gasteiger partial charge in [-0.1, -0.05) is 12.1 Å². The van der Waals surface area contributed by atoms with Gasteiger partial charge in [-0.05, 0) is 37.6 Å². The fourth-order valence-electron chi connectivity index (χ4n) is 2.59. The maximum atomic E-state index is 13.5. The third-order valence-corrected chi connectivity index (χ3v) is 3.64. The third kappa shape index (κ3) is 2.61. The smallest absolute Gasteiger partial charge is 0.266 e. The van der Waals surface area contributed by atoms with E-state index in [9.17, 15) is 13.6 Å². The molecule has 0 unspecified atom stereocenters. The first kappa shape index (κ1) is 15.3. The zero-order valence-electron chi connectivity index (χ0n) is 12.7. The van der Waals surface area contributed by atoms with E-state index in [2.05, 4.69) is 4.98 Å². The van der Waals surface area contributed by atoms with Gasteiger partial charge >= 0.3 is 0 Å². The van der Waals surface area contributed by atoms with E-state index in [1.807, 2.05) is 13.0 Å². The summed E-state index contributed by atoms with van der Waals surface area (Å²) in [5.41, 5.74) is 6.96. The normalized spacial score (nSPS) is 12.6.